The van der Waals surface area contributed by atoms with Gasteiger partial charge in [0, 0.05) is 49.7 Å². The topological polar surface area (TPSA) is 76.6 Å². The first kappa shape index (κ1) is 19.8. The van der Waals surface area contributed by atoms with Gasteiger partial charge in [-0.05, 0) is 12.1 Å². The van der Waals surface area contributed by atoms with Crippen LogP contribution >= 0.6 is 0 Å². The molecule has 2 heterocycles. The molecule has 1 fully saturated rings. The van der Waals surface area contributed by atoms with E-state index in [4.69, 9.17) is 9.47 Å². The van der Waals surface area contributed by atoms with E-state index >= 15 is 0 Å². The lowest BCUT2D eigenvalue weighted by Gasteiger charge is -2.28. The Bertz CT molecular complexity index is 975. The number of hydrogen-bond donors (Lipinski definition) is 1. The van der Waals surface area contributed by atoms with E-state index in [0.29, 0.717) is 36.0 Å². The highest BCUT2D eigenvalue weighted by molar-refractivity contribution is 6.09. The minimum atomic E-state index is -0.0301. The summed E-state index contributed by atoms with van der Waals surface area (Å²) in [7, 11) is 0. The fraction of sp³-hybridized carbons (Fsp3) is 0.261. The zero-order valence-corrected chi connectivity index (χ0v) is 16.7. The SMILES string of the molecule is O=C(c1ccccc1)c1cccc(OCCOc2nccnc2N2CCNCC2)c1. The number of ether oxygens (including phenoxy) is 2. The highest BCUT2D eigenvalue weighted by Crippen LogP contribution is 2.23. The van der Waals surface area contributed by atoms with Crippen LogP contribution in [0, 0.1) is 0 Å². The van der Waals surface area contributed by atoms with Gasteiger partial charge in [0.25, 0.3) is 5.88 Å². The first-order valence-corrected chi connectivity index (χ1v) is 10.0. The van der Waals surface area contributed by atoms with Crippen LogP contribution in [0.5, 0.6) is 11.6 Å². The van der Waals surface area contributed by atoms with Crippen LogP contribution in [0.25, 0.3) is 0 Å². The first-order chi connectivity index (χ1) is 14.8. The van der Waals surface area contributed by atoms with E-state index < -0.39 is 0 Å². The molecule has 1 aromatic heterocycles. The molecule has 0 saturated carbocycles. The van der Waals surface area contributed by atoms with Crippen molar-refractivity contribution in [2.75, 3.05) is 44.3 Å². The largest absolute Gasteiger partial charge is 0.490 e. The van der Waals surface area contributed by atoms with Crippen molar-refractivity contribution in [2.24, 2.45) is 0 Å². The fourth-order valence-electron chi connectivity index (χ4n) is 3.29. The molecular weight excluding hydrogens is 380 g/mol. The monoisotopic (exact) mass is 404 g/mol. The number of benzene rings is 2. The molecule has 0 amide bonds. The molecule has 1 aliphatic heterocycles. The second-order valence-corrected chi connectivity index (χ2v) is 6.84. The van der Waals surface area contributed by atoms with Crippen molar-refractivity contribution in [1.82, 2.24) is 15.3 Å². The van der Waals surface area contributed by atoms with Crippen molar-refractivity contribution in [3.05, 3.63) is 78.1 Å². The van der Waals surface area contributed by atoms with E-state index in [1.165, 1.54) is 0 Å². The molecule has 0 atom stereocenters. The van der Waals surface area contributed by atoms with Gasteiger partial charge in [0.1, 0.15) is 19.0 Å². The molecule has 1 aliphatic rings. The smallest absolute Gasteiger partial charge is 0.257 e. The maximum atomic E-state index is 12.6. The Kier molecular flexibility index (Phi) is 6.51. The Morgan fingerprint density at radius 3 is 2.47 bits per heavy atom. The van der Waals surface area contributed by atoms with Gasteiger partial charge in [-0.2, -0.15) is 0 Å². The minimum absolute atomic E-state index is 0.0301. The van der Waals surface area contributed by atoms with E-state index in [1.807, 2.05) is 30.3 Å². The summed E-state index contributed by atoms with van der Waals surface area (Å²) in [6.07, 6.45) is 3.30. The van der Waals surface area contributed by atoms with Crippen molar-refractivity contribution in [3.63, 3.8) is 0 Å². The lowest BCUT2D eigenvalue weighted by Crippen LogP contribution is -2.44. The van der Waals surface area contributed by atoms with Gasteiger partial charge in [-0.25, -0.2) is 9.97 Å². The summed E-state index contributed by atoms with van der Waals surface area (Å²) in [5.41, 5.74) is 1.25. The van der Waals surface area contributed by atoms with Crippen LogP contribution in [0.2, 0.25) is 0 Å². The van der Waals surface area contributed by atoms with Gasteiger partial charge in [0.15, 0.2) is 11.6 Å². The van der Waals surface area contributed by atoms with Crippen molar-refractivity contribution < 1.29 is 14.3 Å². The third-order valence-corrected chi connectivity index (χ3v) is 4.79. The molecule has 0 bridgehead atoms. The second-order valence-electron chi connectivity index (χ2n) is 6.84. The normalized spacial score (nSPS) is 13.7. The molecule has 0 aliphatic carbocycles. The highest BCUT2D eigenvalue weighted by atomic mass is 16.5. The molecule has 0 unspecified atom stereocenters. The molecule has 30 heavy (non-hydrogen) atoms. The van der Waals surface area contributed by atoms with E-state index in [9.17, 15) is 4.79 Å². The summed E-state index contributed by atoms with van der Waals surface area (Å²) < 4.78 is 11.6. The highest BCUT2D eigenvalue weighted by Gasteiger charge is 2.17. The molecular formula is C23H24N4O3. The van der Waals surface area contributed by atoms with Gasteiger partial charge in [-0.1, -0.05) is 42.5 Å². The zero-order valence-electron chi connectivity index (χ0n) is 16.7. The zero-order chi connectivity index (χ0) is 20.6. The van der Waals surface area contributed by atoms with Gasteiger partial charge < -0.3 is 19.7 Å². The lowest BCUT2D eigenvalue weighted by atomic mass is 10.0. The van der Waals surface area contributed by atoms with Gasteiger partial charge in [-0.3, -0.25) is 4.79 Å². The molecule has 2 aromatic carbocycles. The van der Waals surface area contributed by atoms with Crippen molar-refractivity contribution >= 4 is 11.6 Å². The fourth-order valence-corrected chi connectivity index (χ4v) is 3.29. The predicted octanol–water partition coefficient (Wildman–Crippen LogP) is 2.58. The number of aromatic nitrogens is 2. The van der Waals surface area contributed by atoms with Crippen LogP contribution in [0.1, 0.15) is 15.9 Å². The Morgan fingerprint density at radius 2 is 1.63 bits per heavy atom. The van der Waals surface area contributed by atoms with E-state index in [-0.39, 0.29) is 5.78 Å². The number of carbonyl (C=O) groups excluding carboxylic acids is 1. The first-order valence-electron chi connectivity index (χ1n) is 10.0. The number of ketones is 1. The quantitative estimate of drug-likeness (QED) is 0.457. The van der Waals surface area contributed by atoms with Crippen LogP contribution in [-0.4, -0.2) is 55.1 Å². The third-order valence-electron chi connectivity index (χ3n) is 4.79. The molecule has 1 saturated heterocycles. The summed E-state index contributed by atoms with van der Waals surface area (Å²) in [5.74, 6) is 1.87. The Hall–Kier alpha value is -3.45. The number of anilines is 1. The van der Waals surface area contributed by atoms with Crippen LogP contribution in [0.3, 0.4) is 0 Å². The Morgan fingerprint density at radius 1 is 0.900 bits per heavy atom. The number of nitrogens with zero attached hydrogens (tertiary/aromatic N) is 3. The van der Waals surface area contributed by atoms with Crippen LogP contribution < -0.4 is 19.7 Å². The number of piperazine rings is 1. The van der Waals surface area contributed by atoms with E-state index in [0.717, 1.165) is 32.0 Å². The molecule has 4 rings (SSSR count). The van der Waals surface area contributed by atoms with Gasteiger partial charge in [-0.15, -0.1) is 0 Å². The maximum Gasteiger partial charge on any atom is 0.257 e. The van der Waals surface area contributed by atoms with Crippen molar-refractivity contribution in [2.45, 2.75) is 0 Å². The molecule has 154 valence electrons. The van der Waals surface area contributed by atoms with E-state index in [2.05, 4.69) is 20.2 Å². The average Bonchev–Trinajstić information content (AvgIpc) is 2.83. The molecule has 0 radical (unpaired) electrons. The lowest BCUT2D eigenvalue weighted by molar-refractivity contribution is 0.103. The van der Waals surface area contributed by atoms with Gasteiger partial charge in [0.05, 0.1) is 0 Å². The van der Waals surface area contributed by atoms with E-state index in [1.54, 1.807) is 36.7 Å². The molecule has 7 nitrogen and oxygen atoms in total. The third kappa shape index (κ3) is 4.93. The van der Waals surface area contributed by atoms with Crippen LogP contribution in [-0.2, 0) is 0 Å². The van der Waals surface area contributed by atoms with Crippen LogP contribution in [0.4, 0.5) is 5.82 Å². The minimum Gasteiger partial charge on any atom is -0.490 e. The summed E-state index contributed by atoms with van der Waals surface area (Å²) in [5, 5.41) is 3.32. The second kappa shape index (κ2) is 9.84. The number of rotatable bonds is 8. The average molecular weight is 404 g/mol. The Labute approximate surface area is 175 Å². The maximum absolute atomic E-state index is 12.6. The van der Waals surface area contributed by atoms with Crippen molar-refractivity contribution in [3.8, 4) is 11.6 Å². The summed E-state index contributed by atoms with van der Waals surface area (Å²) in [4.78, 5) is 23.5. The summed E-state index contributed by atoms with van der Waals surface area (Å²) >= 11 is 0. The molecule has 1 N–H and O–H groups in total. The summed E-state index contributed by atoms with van der Waals surface area (Å²) in [6.45, 7) is 4.23. The predicted molar refractivity (Wildman–Crippen MR) is 114 cm³/mol. The van der Waals surface area contributed by atoms with Crippen molar-refractivity contribution in [1.29, 1.82) is 0 Å². The number of hydrogen-bond acceptors (Lipinski definition) is 7. The molecule has 0 spiro atoms. The van der Waals surface area contributed by atoms with Gasteiger partial charge >= 0.3 is 0 Å². The Balaban J connectivity index is 1.33. The molecule has 3 aromatic rings. The number of nitrogens with one attached hydrogen (secondary N) is 1. The molecule has 7 heteroatoms. The van der Waals surface area contributed by atoms with Gasteiger partial charge in [0.2, 0.25) is 0 Å². The van der Waals surface area contributed by atoms with Crippen LogP contribution in [0.15, 0.2) is 67.0 Å². The summed E-state index contributed by atoms with van der Waals surface area (Å²) in [6, 6.07) is 16.4. The number of carbonyl (C=O) groups is 1. The standard InChI is InChI=1S/C23H24N4O3/c28-21(18-5-2-1-3-6-18)19-7-4-8-20(17-19)29-15-16-30-23-22(25-9-10-26-23)27-13-11-24-12-14-27/h1-10,17,24H,11-16H2.